The second-order valence-corrected chi connectivity index (χ2v) is 12.9. The van der Waals surface area contributed by atoms with Crippen molar-refractivity contribution < 1.29 is 19.1 Å². The summed E-state index contributed by atoms with van der Waals surface area (Å²) in [5.41, 5.74) is 2.73. The molecule has 14 nitrogen and oxygen atoms in total. The van der Waals surface area contributed by atoms with E-state index in [1.807, 2.05) is 59.9 Å². The van der Waals surface area contributed by atoms with Gasteiger partial charge in [0.15, 0.2) is 0 Å². The van der Waals surface area contributed by atoms with Gasteiger partial charge in [0.25, 0.3) is 0 Å². The topological polar surface area (TPSA) is 157 Å². The summed E-state index contributed by atoms with van der Waals surface area (Å²) in [7, 11) is 0. The highest BCUT2D eigenvalue weighted by molar-refractivity contribution is 6.28. The number of fused-ring (bicyclic) bond motifs is 2. The Morgan fingerprint density at radius 2 is 1.22 bits per heavy atom. The molecule has 4 aromatic heterocycles. The van der Waals surface area contributed by atoms with Gasteiger partial charge >= 0.3 is 12.2 Å². The van der Waals surface area contributed by atoms with Crippen LogP contribution in [0.3, 0.4) is 0 Å². The molecule has 0 aromatic carbocycles. The number of piperazine rings is 2. The summed E-state index contributed by atoms with van der Waals surface area (Å²) < 4.78 is 10.6. The molecule has 2 fully saturated rings. The first kappa shape index (κ1) is 33.7. The van der Waals surface area contributed by atoms with Crippen molar-refractivity contribution in [2.24, 2.45) is 0 Å². The van der Waals surface area contributed by atoms with Crippen molar-refractivity contribution in [2.45, 2.75) is 52.7 Å². The van der Waals surface area contributed by atoms with Gasteiger partial charge in [0.05, 0.1) is 34.5 Å². The third-order valence-corrected chi connectivity index (χ3v) is 6.72. The zero-order valence-electron chi connectivity index (χ0n) is 26.8. The van der Waals surface area contributed by atoms with E-state index >= 15 is 0 Å². The highest BCUT2D eigenvalue weighted by Gasteiger charge is 2.27. The lowest BCUT2D eigenvalue weighted by Crippen LogP contribution is -2.50. The molecule has 2 saturated heterocycles. The van der Waals surface area contributed by atoms with Gasteiger partial charge in [-0.25, -0.2) is 29.5 Å². The predicted octanol–water partition coefficient (Wildman–Crippen LogP) is 4.45. The zero-order chi connectivity index (χ0) is 32.6. The van der Waals surface area contributed by atoms with E-state index in [2.05, 4.69) is 40.1 Å². The summed E-state index contributed by atoms with van der Waals surface area (Å²) in [5.74, 6) is 0.705. The third kappa shape index (κ3) is 10.5. The smallest absolute Gasteiger partial charge is 0.410 e. The number of carbonyl (C=O) groups is 2. The van der Waals surface area contributed by atoms with Crippen LogP contribution < -0.4 is 10.2 Å². The Bertz CT molecular complexity index is 1550. The molecule has 15 heteroatoms. The van der Waals surface area contributed by atoms with Gasteiger partial charge in [-0.1, -0.05) is 0 Å². The van der Waals surface area contributed by atoms with Crippen LogP contribution in [0, 0.1) is 0 Å². The van der Waals surface area contributed by atoms with E-state index in [-0.39, 0.29) is 23.1 Å². The molecule has 0 bridgehead atoms. The average molecular weight is 643 g/mol. The fraction of sp³-hybridized carbons (Fsp3) is 0.533. The van der Waals surface area contributed by atoms with Crippen molar-refractivity contribution in [3.05, 3.63) is 42.2 Å². The summed E-state index contributed by atoms with van der Waals surface area (Å²) in [5, 5.41) is 3.47. The first-order valence-electron chi connectivity index (χ1n) is 14.9. The Morgan fingerprint density at radius 3 is 1.76 bits per heavy atom. The van der Waals surface area contributed by atoms with Gasteiger partial charge in [0, 0.05) is 64.8 Å². The Labute approximate surface area is 267 Å². The average Bonchev–Trinajstić information content (AvgIpc) is 3.65. The molecular formula is C30H43ClN10O4. The van der Waals surface area contributed by atoms with E-state index in [1.165, 1.54) is 0 Å². The van der Waals surface area contributed by atoms with Crippen LogP contribution in [0.4, 0.5) is 15.5 Å². The van der Waals surface area contributed by atoms with Crippen LogP contribution in [0.5, 0.6) is 0 Å². The highest BCUT2D eigenvalue weighted by atomic mass is 35.5. The molecule has 0 aliphatic carbocycles. The number of H-pyrrole nitrogens is 2. The monoisotopic (exact) mass is 642 g/mol. The normalized spacial score (nSPS) is 15.6. The van der Waals surface area contributed by atoms with E-state index in [4.69, 9.17) is 21.1 Å². The number of nitrogens with one attached hydrogen (secondary N) is 3. The van der Waals surface area contributed by atoms with E-state index < -0.39 is 5.60 Å². The molecule has 0 unspecified atom stereocenters. The van der Waals surface area contributed by atoms with Gasteiger partial charge in [-0.15, -0.1) is 0 Å². The number of rotatable bonds is 1. The highest BCUT2D eigenvalue weighted by Crippen LogP contribution is 2.17. The molecule has 244 valence electrons. The first-order chi connectivity index (χ1) is 21.3. The van der Waals surface area contributed by atoms with Crippen molar-refractivity contribution in [2.75, 3.05) is 57.3 Å². The van der Waals surface area contributed by atoms with Crippen LogP contribution in [0.15, 0.2) is 36.9 Å². The Hall–Kier alpha value is -4.17. The molecule has 2 aliphatic heterocycles. The molecular weight excluding hydrogens is 600 g/mol. The fourth-order valence-electron chi connectivity index (χ4n) is 4.40. The minimum absolute atomic E-state index is 0.200. The second kappa shape index (κ2) is 14.7. The molecule has 2 aliphatic rings. The predicted molar refractivity (Wildman–Crippen MR) is 173 cm³/mol. The number of hydrogen-bond acceptors (Lipinski definition) is 10. The van der Waals surface area contributed by atoms with Crippen LogP contribution in [-0.4, -0.2) is 115 Å². The van der Waals surface area contributed by atoms with E-state index in [1.54, 1.807) is 28.4 Å². The number of aromatic amines is 2. The van der Waals surface area contributed by atoms with E-state index in [9.17, 15) is 9.59 Å². The maximum Gasteiger partial charge on any atom is 0.410 e. The molecule has 6 rings (SSSR count). The van der Waals surface area contributed by atoms with Gasteiger partial charge in [0.1, 0.15) is 11.2 Å². The van der Waals surface area contributed by atoms with E-state index in [0.29, 0.717) is 32.1 Å². The maximum absolute atomic E-state index is 12.0. The van der Waals surface area contributed by atoms with E-state index in [0.717, 1.165) is 48.2 Å². The Kier molecular flexibility index (Phi) is 11.0. The van der Waals surface area contributed by atoms with Crippen LogP contribution in [0.1, 0.15) is 41.5 Å². The molecule has 3 N–H and O–H groups in total. The lowest BCUT2D eigenvalue weighted by Gasteiger charge is -2.35. The van der Waals surface area contributed by atoms with Gasteiger partial charge in [-0.2, -0.15) is 0 Å². The lowest BCUT2D eigenvalue weighted by atomic mass is 10.2. The molecule has 45 heavy (non-hydrogen) atoms. The molecule has 6 heterocycles. The van der Waals surface area contributed by atoms with Crippen molar-refractivity contribution in [3.63, 3.8) is 0 Å². The summed E-state index contributed by atoms with van der Waals surface area (Å²) in [6.45, 7) is 17.1. The largest absolute Gasteiger partial charge is 0.444 e. The molecule has 0 radical (unpaired) electrons. The third-order valence-electron chi connectivity index (χ3n) is 6.54. The number of halogens is 1. The Balaban J connectivity index is 0.000000169. The van der Waals surface area contributed by atoms with Crippen molar-refractivity contribution in [3.8, 4) is 0 Å². The van der Waals surface area contributed by atoms with Crippen molar-refractivity contribution in [1.82, 2.24) is 45.0 Å². The second-order valence-electron chi connectivity index (χ2n) is 12.5. The summed E-state index contributed by atoms with van der Waals surface area (Å²) in [6, 6.07) is 3.78. The minimum atomic E-state index is -0.462. The molecule has 0 atom stereocenters. The number of anilines is 1. The molecule has 0 spiro atoms. The molecule has 4 aromatic rings. The molecule has 0 saturated carbocycles. The maximum atomic E-state index is 12.0. The van der Waals surface area contributed by atoms with Gasteiger partial charge in [-0.05, 0) is 65.3 Å². The molecule has 2 amide bonds. The van der Waals surface area contributed by atoms with Gasteiger partial charge in [0.2, 0.25) is 11.2 Å². The van der Waals surface area contributed by atoms with Crippen molar-refractivity contribution in [1.29, 1.82) is 0 Å². The fourth-order valence-corrected chi connectivity index (χ4v) is 4.54. The van der Waals surface area contributed by atoms with Crippen LogP contribution in [0.25, 0.3) is 22.1 Å². The quantitative estimate of drug-likeness (QED) is 0.253. The number of carbonyl (C=O) groups excluding carboxylic acids is 2. The van der Waals surface area contributed by atoms with Gasteiger partial charge in [-0.3, -0.25) is 0 Å². The standard InChI is InChI=1S/C15H21N5O2.C9H18N2O2.C6H4ClN3/c1-15(2,3)22-14(21)20-8-6-19(7-9-20)13-17-10-12-11(18-13)4-5-16-12;1-9(2,3)13-8(12)11-6-4-10-5-7-11;7-6-9-3-5-4(10-6)1-2-8-5/h4-5,10,16H,6-9H2,1-3H3;10H,4-7H2,1-3H3;1-3,8H. The number of amides is 2. The number of hydrogen-bond donors (Lipinski definition) is 3. The lowest BCUT2D eigenvalue weighted by molar-refractivity contribution is 0.0223. The van der Waals surface area contributed by atoms with Crippen LogP contribution >= 0.6 is 11.6 Å². The Morgan fingerprint density at radius 1 is 0.733 bits per heavy atom. The zero-order valence-corrected chi connectivity index (χ0v) is 27.5. The van der Waals surface area contributed by atoms with Crippen LogP contribution in [-0.2, 0) is 9.47 Å². The number of nitrogens with zero attached hydrogens (tertiary/aromatic N) is 7. The first-order valence-corrected chi connectivity index (χ1v) is 15.3. The van der Waals surface area contributed by atoms with Crippen LogP contribution in [0.2, 0.25) is 5.28 Å². The summed E-state index contributed by atoms with van der Waals surface area (Å²) in [6.07, 6.45) is 6.64. The number of ether oxygens (including phenoxy) is 2. The SMILES string of the molecule is CC(C)(C)OC(=O)N1CCN(c2ncc3[nH]ccc3n2)CC1.CC(C)(C)OC(=O)N1CCNCC1.Clc1ncc2[nH]ccc2n1. The van der Waals surface area contributed by atoms with Gasteiger partial charge < -0.3 is 39.5 Å². The number of aromatic nitrogens is 6. The van der Waals surface area contributed by atoms with Crippen molar-refractivity contribution >= 4 is 51.8 Å². The minimum Gasteiger partial charge on any atom is -0.444 e. The summed E-state index contributed by atoms with van der Waals surface area (Å²) >= 11 is 5.54. The summed E-state index contributed by atoms with van der Waals surface area (Å²) in [4.78, 5) is 51.8.